The van der Waals surface area contributed by atoms with Crippen LogP contribution in [0.5, 0.6) is 5.75 Å². The van der Waals surface area contributed by atoms with Crippen LogP contribution >= 0.6 is 0 Å². The first-order valence-corrected chi connectivity index (χ1v) is 9.20. The summed E-state index contributed by atoms with van der Waals surface area (Å²) >= 11 is 0. The largest absolute Gasteiger partial charge is 0.493 e. The topological polar surface area (TPSA) is 22.1 Å². The lowest BCUT2D eigenvalue weighted by Crippen LogP contribution is -2.16. The van der Waals surface area contributed by atoms with Crippen LogP contribution in [0.3, 0.4) is 0 Å². The Kier molecular flexibility index (Phi) is 3.14. The van der Waals surface area contributed by atoms with Gasteiger partial charge in [0.2, 0.25) is 0 Å². The van der Waals surface area contributed by atoms with E-state index in [1.807, 2.05) is 13.1 Å². The van der Waals surface area contributed by atoms with E-state index >= 15 is 0 Å². The van der Waals surface area contributed by atoms with Crippen molar-refractivity contribution >= 4 is 21.5 Å². The van der Waals surface area contributed by atoms with Gasteiger partial charge in [-0.15, -0.1) is 0 Å². The molecule has 2 heteroatoms. The smallest absolute Gasteiger partial charge is 0.127 e. The predicted molar refractivity (Wildman–Crippen MR) is 108 cm³/mol. The van der Waals surface area contributed by atoms with Gasteiger partial charge < -0.3 is 4.74 Å². The lowest BCUT2D eigenvalue weighted by atomic mass is 9.85. The van der Waals surface area contributed by atoms with E-state index in [1.165, 1.54) is 38.2 Å². The Bertz CT molecular complexity index is 1170. The van der Waals surface area contributed by atoms with Crippen LogP contribution in [-0.2, 0) is 5.41 Å². The molecule has 0 unspecified atom stereocenters. The standard InChI is InChI=1S/C24H21NO/c1-4-26-20-11-7-10-19-22(20)21-18-13-16-9-6-5-8-15(16)12-17(18)14-25-23(21)24(19,2)3/h5-14H,4H2,1-3H3. The summed E-state index contributed by atoms with van der Waals surface area (Å²) in [6.45, 7) is 7.21. The molecule has 0 amide bonds. The molecule has 0 radical (unpaired) electrons. The number of pyridine rings is 1. The number of ether oxygens (including phenoxy) is 1. The van der Waals surface area contributed by atoms with E-state index in [-0.39, 0.29) is 5.41 Å². The van der Waals surface area contributed by atoms with E-state index in [4.69, 9.17) is 9.72 Å². The number of rotatable bonds is 2. The number of fused-ring (bicyclic) bond motifs is 6. The van der Waals surface area contributed by atoms with Crippen LogP contribution in [0.15, 0.2) is 60.8 Å². The van der Waals surface area contributed by atoms with Crippen LogP contribution < -0.4 is 4.74 Å². The molecule has 0 fully saturated rings. The average molecular weight is 339 g/mol. The minimum atomic E-state index is -0.127. The van der Waals surface area contributed by atoms with Crippen molar-refractivity contribution in [2.24, 2.45) is 0 Å². The predicted octanol–water partition coefficient (Wildman–Crippen LogP) is 6.09. The van der Waals surface area contributed by atoms with Crippen molar-refractivity contribution in [2.45, 2.75) is 26.2 Å². The zero-order chi connectivity index (χ0) is 17.9. The quantitative estimate of drug-likeness (QED) is 0.412. The van der Waals surface area contributed by atoms with Gasteiger partial charge in [-0.25, -0.2) is 0 Å². The van der Waals surface area contributed by atoms with E-state index in [1.54, 1.807) is 0 Å². The molecular weight excluding hydrogens is 318 g/mol. The van der Waals surface area contributed by atoms with Crippen molar-refractivity contribution in [2.75, 3.05) is 6.61 Å². The minimum Gasteiger partial charge on any atom is -0.493 e. The van der Waals surface area contributed by atoms with E-state index in [0.717, 1.165) is 11.4 Å². The minimum absolute atomic E-state index is 0.127. The average Bonchev–Trinajstić information content (AvgIpc) is 2.89. The van der Waals surface area contributed by atoms with Crippen molar-refractivity contribution in [1.29, 1.82) is 0 Å². The summed E-state index contributed by atoms with van der Waals surface area (Å²) < 4.78 is 6.01. The molecule has 0 aliphatic heterocycles. The molecule has 4 aromatic rings. The monoisotopic (exact) mass is 339 g/mol. The van der Waals surface area contributed by atoms with Crippen LogP contribution in [0.1, 0.15) is 32.0 Å². The molecule has 3 aromatic carbocycles. The van der Waals surface area contributed by atoms with E-state index < -0.39 is 0 Å². The van der Waals surface area contributed by atoms with E-state index in [2.05, 4.69) is 68.4 Å². The Balaban J connectivity index is 1.94. The highest BCUT2D eigenvalue weighted by molar-refractivity contribution is 6.08. The van der Waals surface area contributed by atoms with Crippen LogP contribution in [0.2, 0.25) is 0 Å². The molecule has 0 spiro atoms. The highest BCUT2D eigenvalue weighted by Crippen LogP contribution is 2.53. The van der Waals surface area contributed by atoms with Gasteiger partial charge in [0.25, 0.3) is 0 Å². The fourth-order valence-corrected chi connectivity index (χ4v) is 4.35. The zero-order valence-electron chi connectivity index (χ0n) is 15.3. The first kappa shape index (κ1) is 15.4. The van der Waals surface area contributed by atoms with E-state index in [9.17, 15) is 0 Å². The van der Waals surface area contributed by atoms with Crippen molar-refractivity contribution in [3.63, 3.8) is 0 Å². The molecular formula is C24H21NO. The molecule has 5 rings (SSSR count). The molecule has 0 bridgehead atoms. The van der Waals surface area contributed by atoms with Crippen LogP contribution in [0.4, 0.5) is 0 Å². The molecule has 0 saturated heterocycles. The van der Waals surface area contributed by atoms with Crippen molar-refractivity contribution in [3.8, 4) is 16.9 Å². The van der Waals surface area contributed by atoms with Gasteiger partial charge in [0, 0.05) is 28.1 Å². The SMILES string of the molecule is CCOc1cccc2c1-c1c(ncc3cc4ccccc4cc13)C2(C)C. The molecule has 26 heavy (non-hydrogen) atoms. The van der Waals surface area contributed by atoms with Gasteiger partial charge in [0.1, 0.15) is 5.75 Å². The number of nitrogens with zero attached hydrogens (tertiary/aromatic N) is 1. The second-order valence-corrected chi connectivity index (χ2v) is 7.51. The third-order valence-corrected chi connectivity index (χ3v) is 5.60. The Morgan fingerprint density at radius 2 is 1.65 bits per heavy atom. The molecule has 128 valence electrons. The number of hydrogen-bond acceptors (Lipinski definition) is 2. The maximum Gasteiger partial charge on any atom is 0.127 e. The van der Waals surface area contributed by atoms with Crippen LogP contribution in [-0.4, -0.2) is 11.6 Å². The Labute approximate surface area is 153 Å². The summed E-state index contributed by atoms with van der Waals surface area (Å²) in [4.78, 5) is 4.91. The maximum absolute atomic E-state index is 6.01. The van der Waals surface area contributed by atoms with Crippen molar-refractivity contribution in [1.82, 2.24) is 4.98 Å². The molecule has 0 atom stereocenters. The van der Waals surface area contributed by atoms with E-state index in [0.29, 0.717) is 6.61 Å². The van der Waals surface area contributed by atoms with Crippen molar-refractivity contribution < 1.29 is 4.74 Å². The Morgan fingerprint density at radius 1 is 0.885 bits per heavy atom. The summed E-state index contributed by atoms with van der Waals surface area (Å²) in [6.07, 6.45) is 2.02. The normalized spacial score (nSPS) is 14.4. The third-order valence-electron chi connectivity index (χ3n) is 5.60. The second kappa shape index (κ2) is 5.31. The first-order chi connectivity index (χ1) is 12.6. The molecule has 1 aliphatic rings. The molecule has 0 saturated carbocycles. The highest BCUT2D eigenvalue weighted by Gasteiger charge is 2.39. The molecule has 2 nitrogen and oxygen atoms in total. The molecule has 1 heterocycles. The second-order valence-electron chi connectivity index (χ2n) is 7.51. The number of aromatic nitrogens is 1. The third kappa shape index (κ3) is 1.96. The summed E-state index contributed by atoms with van der Waals surface area (Å²) in [5, 5.41) is 4.94. The number of benzene rings is 3. The van der Waals surface area contributed by atoms with Crippen molar-refractivity contribution in [3.05, 3.63) is 72.1 Å². The maximum atomic E-state index is 6.01. The van der Waals surface area contributed by atoms with Gasteiger partial charge in [-0.2, -0.15) is 0 Å². The van der Waals surface area contributed by atoms with Gasteiger partial charge >= 0.3 is 0 Å². The van der Waals surface area contributed by atoms with Crippen LogP contribution in [0.25, 0.3) is 32.7 Å². The highest BCUT2D eigenvalue weighted by atomic mass is 16.5. The Hall–Kier alpha value is -2.87. The lowest BCUT2D eigenvalue weighted by molar-refractivity contribution is 0.341. The molecule has 1 aliphatic carbocycles. The summed E-state index contributed by atoms with van der Waals surface area (Å²) in [5.41, 5.74) is 4.76. The van der Waals surface area contributed by atoms with Gasteiger partial charge in [-0.05, 0) is 46.8 Å². The Morgan fingerprint density at radius 3 is 2.42 bits per heavy atom. The first-order valence-electron chi connectivity index (χ1n) is 9.20. The van der Waals surface area contributed by atoms with Gasteiger partial charge in [0.05, 0.1) is 12.3 Å². The van der Waals surface area contributed by atoms with Gasteiger partial charge in [0.15, 0.2) is 0 Å². The fraction of sp³-hybridized carbons (Fsp3) is 0.208. The van der Waals surface area contributed by atoms with Gasteiger partial charge in [-0.1, -0.05) is 50.2 Å². The summed E-state index contributed by atoms with van der Waals surface area (Å²) in [5.74, 6) is 0.958. The molecule has 1 aromatic heterocycles. The lowest BCUT2D eigenvalue weighted by Gasteiger charge is -2.20. The summed E-state index contributed by atoms with van der Waals surface area (Å²) in [7, 11) is 0. The van der Waals surface area contributed by atoms with Gasteiger partial charge in [-0.3, -0.25) is 4.98 Å². The summed E-state index contributed by atoms with van der Waals surface area (Å²) in [6, 6.07) is 19.4. The molecule has 0 N–H and O–H groups in total. The zero-order valence-corrected chi connectivity index (χ0v) is 15.3. The fourth-order valence-electron chi connectivity index (χ4n) is 4.35. The van der Waals surface area contributed by atoms with Crippen LogP contribution in [0, 0.1) is 0 Å². The number of hydrogen-bond donors (Lipinski definition) is 0.